The van der Waals surface area contributed by atoms with Crippen LogP contribution in [0.2, 0.25) is 0 Å². The molecule has 2 aromatic heterocycles. The molecule has 2 N–H and O–H groups in total. The Morgan fingerprint density at radius 2 is 2.09 bits per heavy atom. The van der Waals surface area contributed by atoms with Crippen LogP contribution in [0, 0.1) is 0 Å². The van der Waals surface area contributed by atoms with Crippen LogP contribution < -0.4 is 10.8 Å². The summed E-state index contributed by atoms with van der Waals surface area (Å²) in [6.45, 7) is 0. The Hall–Kier alpha value is -2.88. The Bertz CT molecular complexity index is 800. The van der Waals surface area contributed by atoms with Gasteiger partial charge in [0.2, 0.25) is 11.6 Å². The Labute approximate surface area is 128 Å². The Kier molecular flexibility index (Phi) is 3.74. The lowest BCUT2D eigenvalue weighted by Crippen LogP contribution is -2.24. The zero-order valence-corrected chi connectivity index (χ0v) is 11.9. The van der Waals surface area contributed by atoms with Crippen molar-refractivity contribution >= 4 is 23.5 Å². The second kappa shape index (κ2) is 5.85. The highest BCUT2D eigenvalue weighted by molar-refractivity contribution is 7.98. The van der Waals surface area contributed by atoms with Crippen LogP contribution >= 0.6 is 11.8 Å². The van der Waals surface area contributed by atoms with E-state index in [0.717, 1.165) is 4.90 Å². The van der Waals surface area contributed by atoms with Gasteiger partial charge in [-0.2, -0.15) is 4.68 Å². The third-order valence-electron chi connectivity index (χ3n) is 2.77. The summed E-state index contributed by atoms with van der Waals surface area (Å²) in [5.74, 6) is -1.07. The minimum Gasteiger partial charge on any atom is -0.543 e. The average Bonchev–Trinajstić information content (AvgIpc) is 3.11. The molecule has 0 aliphatic carbocycles. The number of carbonyl (C=O) groups is 1. The van der Waals surface area contributed by atoms with Gasteiger partial charge in [-0.3, -0.25) is 0 Å². The summed E-state index contributed by atoms with van der Waals surface area (Å²) < 4.78 is 5.69. The number of aromatic carboxylic acids is 1. The van der Waals surface area contributed by atoms with Crippen molar-refractivity contribution in [3.8, 4) is 5.82 Å². The number of aromatic nitrogens is 5. The van der Waals surface area contributed by atoms with E-state index in [4.69, 9.17) is 5.73 Å². The van der Waals surface area contributed by atoms with E-state index in [1.807, 2.05) is 30.3 Å². The molecule has 0 saturated carbocycles. The molecule has 0 amide bonds. The van der Waals surface area contributed by atoms with Gasteiger partial charge in [-0.05, 0) is 22.4 Å². The number of carbonyl (C=O) groups excluding carboxylic acids is 1. The fourth-order valence-corrected chi connectivity index (χ4v) is 2.68. The number of hydrogen-bond donors (Lipinski definition) is 1. The second-order valence-corrected chi connectivity index (χ2v) is 5.21. The van der Waals surface area contributed by atoms with Crippen LogP contribution in [0.15, 0.2) is 39.9 Å². The number of nitrogens with zero attached hydrogens (tertiary/aromatic N) is 5. The number of rotatable bonds is 5. The zero-order valence-electron chi connectivity index (χ0n) is 11.0. The van der Waals surface area contributed by atoms with E-state index in [1.54, 1.807) is 0 Å². The quantitative estimate of drug-likeness (QED) is 0.639. The van der Waals surface area contributed by atoms with Gasteiger partial charge in [0, 0.05) is 10.6 Å². The molecule has 3 rings (SSSR count). The normalized spacial score (nSPS) is 10.7. The fraction of sp³-hybridized carbons (Fsp3) is 0.0833. The number of hydrogen-bond acceptors (Lipinski definition) is 9. The second-order valence-electron chi connectivity index (χ2n) is 4.16. The molecule has 0 aliphatic heterocycles. The van der Waals surface area contributed by atoms with Crippen molar-refractivity contribution in [3.63, 3.8) is 0 Å². The fourth-order valence-electron chi connectivity index (χ4n) is 1.77. The molecule has 9 nitrogen and oxygen atoms in total. The SMILES string of the molecule is Nc1nonc1-n1nnc(C(=O)[O-])c1CSc1ccccc1. The highest BCUT2D eigenvalue weighted by Gasteiger charge is 2.20. The standard InChI is InChI=1S/C12H10N6O3S/c13-10-11(16-21-15-10)18-8(9(12(19)20)14-17-18)6-22-7-4-2-1-3-5-7/h1-5H,6H2,(H2,13,15)(H,19,20)/p-1. The van der Waals surface area contributed by atoms with Crippen molar-refractivity contribution in [3.05, 3.63) is 41.7 Å². The topological polar surface area (TPSA) is 136 Å². The van der Waals surface area contributed by atoms with Crippen molar-refractivity contribution in [1.29, 1.82) is 0 Å². The Morgan fingerprint density at radius 1 is 1.32 bits per heavy atom. The molecule has 0 fully saturated rings. The van der Waals surface area contributed by atoms with Crippen LogP contribution in [-0.4, -0.2) is 31.3 Å². The molecule has 0 bridgehead atoms. The average molecular weight is 317 g/mol. The maximum atomic E-state index is 11.2. The minimum atomic E-state index is -1.43. The van der Waals surface area contributed by atoms with E-state index >= 15 is 0 Å². The van der Waals surface area contributed by atoms with Crippen LogP contribution in [-0.2, 0) is 5.75 Å². The molecular formula is C12H9N6O3S-. The van der Waals surface area contributed by atoms with Gasteiger partial charge in [-0.1, -0.05) is 23.4 Å². The first kappa shape index (κ1) is 14.1. The van der Waals surface area contributed by atoms with E-state index in [0.29, 0.717) is 0 Å². The summed E-state index contributed by atoms with van der Waals surface area (Å²) in [5, 5.41) is 25.6. The lowest BCUT2D eigenvalue weighted by atomic mass is 10.3. The molecule has 3 aromatic rings. The van der Waals surface area contributed by atoms with Gasteiger partial charge >= 0.3 is 0 Å². The van der Waals surface area contributed by atoms with E-state index in [-0.39, 0.29) is 28.8 Å². The molecule has 0 spiro atoms. The maximum Gasteiger partial charge on any atom is 0.243 e. The first-order valence-electron chi connectivity index (χ1n) is 6.09. The van der Waals surface area contributed by atoms with Gasteiger partial charge in [0.25, 0.3) is 0 Å². The smallest absolute Gasteiger partial charge is 0.243 e. The molecule has 0 radical (unpaired) electrons. The van der Waals surface area contributed by atoms with Crippen LogP contribution in [0.5, 0.6) is 0 Å². The molecule has 1 aromatic carbocycles. The first-order chi connectivity index (χ1) is 10.7. The van der Waals surface area contributed by atoms with Gasteiger partial charge < -0.3 is 15.6 Å². The van der Waals surface area contributed by atoms with Crippen LogP contribution in [0.1, 0.15) is 16.2 Å². The first-order valence-corrected chi connectivity index (χ1v) is 7.07. The van der Waals surface area contributed by atoms with Crippen molar-refractivity contribution < 1.29 is 14.5 Å². The van der Waals surface area contributed by atoms with E-state index in [9.17, 15) is 9.90 Å². The van der Waals surface area contributed by atoms with Crippen molar-refractivity contribution in [2.75, 3.05) is 5.73 Å². The van der Waals surface area contributed by atoms with Crippen molar-refractivity contribution in [2.45, 2.75) is 10.6 Å². The summed E-state index contributed by atoms with van der Waals surface area (Å²) in [5.41, 5.74) is 5.62. The molecule has 0 saturated heterocycles. The Balaban J connectivity index is 1.95. The Morgan fingerprint density at radius 3 is 2.73 bits per heavy atom. The summed E-state index contributed by atoms with van der Waals surface area (Å²) >= 11 is 1.42. The molecular weight excluding hydrogens is 308 g/mol. The van der Waals surface area contributed by atoms with Crippen LogP contribution in [0.25, 0.3) is 5.82 Å². The van der Waals surface area contributed by atoms with Crippen LogP contribution in [0.3, 0.4) is 0 Å². The van der Waals surface area contributed by atoms with E-state index in [1.165, 1.54) is 16.4 Å². The molecule has 0 unspecified atom stereocenters. The predicted octanol–water partition coefficient (Wildman–Crippen LogP) is -0.112. The van der Waals surface area contributed by atoms with Gasteiger partial charge in [0.1, 0.15) is 5.69 Å². The van der Waals surface area contributed by atoms with Gasteiger partial charge in [0.15, 0.2) is 0 Å². The van der Waals surface area contributed by atoms with Gasteiger partial charge in [0.05, 0.1) is 11.7 Å². The van der Waals surface area contributed by atoms with Crippen molar-refractivity contribution in [1.82, 2.24) is 25.3 Å². The number of thioether (sulfide) groups is 1. The molecule has 10 heteroatoms. The van der Waals surface area contributed by atoms with Gasteiger partial charge in [-0.25, -0.2) is 4.63 Å². The number of carboxylic acid groups (broad SMARTS) is 1. The summed E-state index contributed by atoms with van der Waals surface area (Å²) in [7, 11) is 0. The number of nitrogens with two attached hydrogens (primary N) is 1. The zero-order chi connectivity index (χ0) is 15.5. The largest absolute Gasteiger partial charge is 0.543 e. The number of nitrogen functional groups attached to an aromatic ring is 1. The summed E-state index contributed by atoms with van der Waals surface area (Å²) in [4.78, 5) is 12.1. The lowest BCUT2D eigenvalue weighted by molar-refractivity contribution is -0.255. The highest BCUT2D eigenvalue weighted by atomic mass is 32.2. The third kappa shape index (κ3) is 2.63. The number of anilines is 1. The predicted molar refractivity (Wildman–Crippen MR) is 74.0 cm³/mol. The highest BCUT2D eigenvalue weighted by Crippen LogP contribution is 2.25. The molecule has 2 heterocycles. The molecule has 112 valence electrons. The maximum absolute atomic E-state index is 11.2. The molecule has 0 atom stereocenters. The van der Waals surface area contributed by atoms with Gasteiger partial charge in [-0.15, -0.1) is 16.9 Å². The summed E-state index contributed by atoms with van der Waals surface area (Å²) in [6, 6.07) is 9.48. The third-order valence-corrected chi connectivity index (χ3v) is 3.79. The van der Waals surface area contributed by atoms with E-state index < -0.39 is 5.97 Å². The van der Waals surface area contributed by atoms with Crippen LogP contribution in [0.4, 0.5) is 5.82 Å². The number of benzene rings is 1. The molecule has 22 heavy (non-hydrogen) atoms. The number of carboxylic acids is 1. The lowest BCUT2D eigenvalue weighted by Gasteiger charge is -2.06. The van der Waals surface area contributed by atoms with Crippen molar-refractivity contribution in [2.24, 2.45) is 0 Å². The van der Waals surface area contributed by atoms with E-state index in [2.05, 4.69) is 25.3 Å². The monoisotopic (exact) mass is 317 g/mol. The minimum absolute atomic E-state index is 0.0132. The molecule has 0 aliphatic rings. The summed E-state index contributed by atoms with van der Waals surface area (Å²) in [6.07, 6.45) is 0.